The summed E-state index contributed by atoms with van der Waals surface area (Å²) in [7, 11) is 0.934. The van der Waals surface area contributed by atoms with E-state index in [9.17, 15) is 22.8 Å². The van der Waals surface area contributed by atoms with E-state index in [0.29, 0.717) is 11.7 Å². The van der Waals surface area contributed by atoms with Crippen LogP contribution in [0.5, 0.6) is 0 Å². The van der Waals surface area contributed by atoms with Crippen LogP contribution in [0.25, 0.3) is 10.2 Å². The molecule has 0 aliphatic rings. The van der Waals surface area contributed by atoms with Crippen LogP contribution in [0.4, 0.5) is 13.2 Å². The van der Waals surface area contributed by atoms with Gasteiger partial charge in [-0.3, -0.25) is 4.79 Å². The number of benzene rings is 1. The van der Waals surface area contributed by atoms with Gasteiger partial charge in [0.05, 0.1) is 17.3 Å². The number of halogens is 3. The van der Waals surface area contributed by atoms with Gasteiger partial charge in [-0.05, 0) is 12.1 Å². The van der Waals surface area contributed by atoms with Crippen molar-refractivity contribution in [2.24, 2.45) is 5.73 Å². The summed E-state index contributed by atoms with van der Waals surface area (Å²) in [5, 5.41) is 0.155. The van der Waals surface area contributed by atoms with Crippen LogP contribution in [-0.4, -0.2) is 33.9 Å². The summed E-state index contributed by atoms with van der Waals surface area (Å²) in [4.78, 5) is 34.9. The van der Waals surface area contributed by atoms with Crippen LogP contribution in [0.15, 0.2) is 30.5 Å². The molecule has 2 heterocycles. The molecule has 0 spiro atoms. The number of alkyl halides is 3. The summed E-state index contributed by atoms with van der Waals surface area (Å²) < 4.78 is 45.0. The number of ether oxygens (including phenoxy) is 1. The monoisotopic (exact) mass is 396 g/mol. The van der Waals surface area contributed by atoms with Gasteiger partial charge in [-0.15, -0.1) is 11.3 Å². The second-order valence-electron chi connectivity index (χ2n) is 5.34. The smallest absolute Gasteiger partial charge is 0.434 e. The van der Waals surface area contributed by atoms with E-state index >= 15 is 0 Å². The molecule has 27 heavy (non-hydrogen) atoms. The van der Waals surface area contributed by atoms with Crippen LogP contribution >= 0.6 is 11.3 Å². The lowest BCUT2D eigenvalue weighted by Crippen LogP contribution is -2.26. The Hall–Kier alpha value is -3.08. The van der Waals surface area contributed by atoms with Gasteiger partial charge in [0, 0.05) is 6.20 Å². The van der Waals surface area contributed by atoms with Gasteiger partial charge in [0.15, 0.2) is 5.69 Å². The molecule has 1 unspecified atom stereocenters. The van der Waals surface area contributed by atoms with E-state index in [4.69, 9.17) is 5.73 Å². The molecule has 0 aliphatic carbocycles. The Morgan fingerprint density at radius 1 is 1.22 bits per heavy atom. The molecule has 3 rings (SSSR count). The number of nitrogens with zero attached hydrogens (tertiary/aromatic N) is 3. The van der Waals surface area contributed by atoms with Gasteiger partial charge < -0.3 is 10.5 Å². The molecule has 0 aliphatic heterocycles. The van der Waals surface area contributed by atoms with Crippen molar-refractivity contribution in [3.05, 3.63) is 52.6 Å². The van der Waals surface area contributed by atoms with Crippen molar-refractivity contribution in [1.29, 1.82) is 0 Å². The number of carbonyl (C=O) groups excluding carboxylic acids is 2. The Balaban J connectivity index is 2.16. The lowest BCUT2D eigenvalue weighted by Gasteiger charge is -2.14. The zero-order valence-electron chi connectivity index (χ0n) is 13.6. The molecule has 0 radical (unpaired) electrons. The third kappa shape index (κ3) is 3.58. The van der Waals surface area contributed by atoms with E-state index in [-0.39, 0.29) is 5.01 Å². The summed E-state index contributed by atoms with van der Waals surface area (Å²) in [5.41, 5.74) is 3.57. The van der Waals surface area contributed by atoms with Crippen molar-refractivity contribution < 1.29 is 27.5 Å². The number of nitrogens with two attached hydrogens (primary N) is 1. The summed E-state index contributed by atoms with van der Waals surface area (Å²) in [6, 6.07) is 6.92. The Morgan fingerprint density at radius 3 is 2.52 bits per heavy atom. The molecule has 0 fully saturated rings. The van der Waals surface area contributed by atoms with E-state index in [1.54, 1.807) is 24.3 Å². The molecule has 1 aromatic carbocycles. The Labute approximate surface area is 154 Å². The quantitative estimate of drug-likeness (QED) is 0.679. The summed E-state index contributed by atoms with van der Waals surface area (Å²) in [6.45, 7) is 0. The number of esters is 1. The van der Waals surface area contributed by atoms with Crippen molar-refractivity contribution in [3.63, 3.8) is 0 Å². The third-order valence-electron chi connectivity index (χ3n) is 3.58. The third-order valence-corrected chi connectivity index (χ3v) is 4.68. The van der Waals surface area contributed by atoms with E-state index in [2.05, 4.69) is 19.7 Å². The molecule has 3 aromatic rings. The molecule has 2 N–H and O–H groups in total. The molecular formula is C16H11F3N4O3S. The van der Waals surface area contributed by atoms with E-state index < -0.39 is 41.1 Å². The fourth-order valence-corrected chi connectivity index (χ4v) is 3.46. The predicted octanol–water partition coefficient (Wildman–Crippen LogP) is 2.51. The van der Waals surface area contributed by atoms with E-state index in [1.165, 1.54) is 0 Å². The van der Waals surface area contributed by atoms with Gasteiger partial charge in [0.25, 0.3) is 0 Å². The lowest BCUT2D eigenvalue weighted by atomic mass is 10.1. The average molecular weight is 396 g/mol. The first-order valence-corrected chi connectivity index (χ1v) is 8.21. The van der Waals surface area contributed by atoms with Crippen molar-refractivity contribution in [1.82, 2.24) is 15.0 Å². The molecule has 1 amide bonds. The van der Waals surface area contributed by atoms with Crippen LogP contribution in [0.2, 0.25) is 0 Å². The van der Waals surface area contributed by atoms with Crippen LogP contribution in [-0.2, 0) is 15.7 Å². The molecule has 2 aromatic heterocycles. The summed E-state index contributed by atoms with van der Waals surface area (Å²) in [6.07, 6.45) is -4.29. The lowest BCUT2D eigenvalue weighted by molar-refractivity contribution is -0.142. The van der Waals surface area contributed by atoms with Crippen molar-refractivity contribution in [2.45, 2.75) is 12.1 Å². The molecule has 0 bridgehead atoms. The number of methoxy groups -OCH3 is 1. The molecule has 7 nitrogen and oxygen atoms in total. The van der Waals surface area contributed by atoms with Crippen LogP contribution < -0.4 is 5.73 Å². The van der Waals surface area contributed by atoms with Crippen LogP contribution in [0.3, 0.4) is 0 Å². The second-order valence-corrected chi connectivity index (χ2v) is 6.40. The standard InChI is InChI=1S/C16H11F3N4O3S/c1-26-15(25)7-6-21-13(23-11(7)16(17,18)19)10(12(20)24)14-22-8-4-2-3-5-9(8)27-14/h2-6,10H,1H3,(H2,20,24). The fourth-order valence-electron chi connectivity index (χ4n) is 2.38. The second kappa shape index (κ2) is 6.91. The first kappa shape index (κ1) is 18.7. The van der Waals surface area contributed by atoms with E-state index in [0.717, 1.165) is 23.1 Å². The highest BCUT2D eigenvalue weighted by molar-refractivity contribution is 7.18. The first-order chi connectivity index (χ1) is 12.7. The van der Waals surface area contributed by atoms with Gasteiger partial charge in [-0.2, -0.15) is 13.2 Å². The first-order valence-electron chi connectivity index (χ1n) is 7.39. The molecule has 0 saturated heterocycles. The van der Waals surface area contributed by atoms with Crippen molar-refractivity contribution >= 4 is 33.4 Å². The minimum atomic E-state index is -4.96. The topological polar surface area (TPSA) is 108 Å². The molecule has 0 saturated carbocycles. The minimum absolute atomic E-state index is 0.155. The maximum atomic E-state index is 13.3. The van der Waals surface area contributed by atoms with Gasteiger partial charge in [0.1, 0.15) is 22.3 Å². The fraction of sp³-hybridized carbons (Fsp3) is 0.188. The number of fused-ring (bicyclic) bond motifs is 1. The Kier molecular flexibility index (Phi) is 4.79. The normalized spacial score (nSPS) is 12.7. The number of hydrogen-bond acceptors (Lipinski definition) is 7. The van der Waals surface area contributed by atoms with Crippen LogP contribution in [0, 0.1) is 0 Å². The summed E-state index contributed by atoms with van der Waals surface area (Å²) >= 11 is 1.09. The average Bonchev–Trinajstić information content (AvgIpc) is 3.03. The zero-order chi connectivity index (χ0) is 19.8. The zero-order valence-corrected chi connectivity index (χ0v) is 14.5. The maximum absolute atomic E-state index is 13.3. The number of carbonyl (C=O) groups is 2. The molecular weight excluding hydrogens is 385 g/mol. The number of para-hydroxylation sites is 1. The van der Waals surface area contributed by atoms with Gasteiger partial charge in [0.2, 0.25) is 5.91 Å². The highest BCUT2D eigenvalue weighted by atomic mass is 32.1. The number of primary amides is 1. The molecule has 1 atom stereocenters. The maximum Gasteiger partial charge on any atom is 0.434 e. The Morgan fingerprint density at radius 2 is 1.93 bits per heavy atom. The minimum Gasteiger partial charge on any atom is -0.465 e. The number of rotatable bonds is 4. The summed E-state index contributed by atoms with van der Waals surface area (Å²) in [5.74, 6) is -4.10. The van der Waals surface area contributed by atoms with Gasteiger partial charge in [-0.1, -0.05) is 12.1 Å². The van der Waals surface area contributed by atoms with Gasteiger partial charge in [-0.25, -0.2) is 19.7 Å². The number of amides is 1. The van der Waals surface area contributed by atoms with Crippen molar-refractivity contribution in [2.75, 3.05) is 7.11 Å². The SMILES string of the molecule is COC(=O)c1cnc(C(C(N)=O)c2nc3ccccc3s2)nc1C(F)(F)F. The molecule has 140 valence electrons. The van der Waals surface area contributed by atoms with Crippen LogP contribution in [0.1, 0.15) is 32.8 Å². The number of aromatic nitrogens is 3. The highest BCUT2D eigenvalue weighted by Crippen LogP contribution is 2.34. The Bertz CT molecular complexity index is 1000. The predicted molar refractivity (Wildman–Crippen MR) is 89.0 cm³/mol. The molecule has 11 heteroatoms. The number of hydrogen-bond donors (Lipinski definition) is 1. The highest BCUT2D eigenvalue weighted by Gasteiger charge is 2.40. The number of thiazole rings is 1. The van der Waals surface area contributed by atoms with E-state index in [1.807, 2.05) is 0 Å². The van der Waals surface area contributed by atoms with Gasteiger partial charge >= 0.3 is 12.1 Å². The largest absolute Gasteiger partial charge is 0.465 e. The van der Waals surface area contributed by atoms with Crippen molar-refractivity contribution in [3.8, 4) is 0 Å².